The number of aliphatic hydroxyl groups excluding tert-OH is 1. The zero-order valence-corrected chi connectivity index (χ0v) is 10.2. The highest BCUT2D eigenvalue weighted by Crippen LogP contribution is 2.20. The fourth-order valence-corrected chi connectivity index (χ4v) is 1.34. The number of amides is 1. The van der Waals surface area contributed by atoms with Gasteiger partial charge >= 0.3 is 0 Å². The van der Waals surface area contributed by atoms with E-state index in [0.717, 1.165) is 5.06 Å². The van der Waals surface area contributed by atoms with Crippen molar-refractivity contribution in [2.75, 3.05) is 21.3 Å². The highest BCUT2D eigenvalue weighted by atomic mass is 16.7. The number of carbonyl (C=O) groups excluding carboxylic acids is 1. The van der Waals surface area contributed by atoms with E-state index in [1.165, 1.54) is 14.2 Å². The molecular weight excluding hydrogens is 222 g/mol. The van der Waals surface area contributed by atoms with Crippen molar-refractivity contribution in [2.24, 2.45) is 0 Å². The van der Waals surface area contributed by atoms with E-state index in [-0.39, 0.29) is 12.3 Å². The number of ether oxygens (including phenoxy) is 1. The molecule has 0 aliphatic carbocycles. The molecule has 1 amide bonds. The van der Waals surface area contributed by atoms with E-state index in [2.05, 4.69) is 0 Å². The molecule has 17 heavy (non-hydrogen) atoms. The molecule has 1 aromatic carbocycles. The molecule has 0 saturated carbocycles. The molecule has 0 heterocycles. The number of hydrogen-bond acceptors (Lipinski definition) is 4. The van der Waals surface area contributed by atoms with Crippen molar-refractivity contribution in [2.45, 2.75) is 12.5 Å². The first-order chi connectivity index (χ1) is 8.08. The largest absolute Gasteiger partial charge is 0.497 e. The van der Waals surface area contributed by atoms with Crippen LogP contribution in [0, 0.1) is 0 Å². The summed E-state index contributed by atoms with van der Waals surface area (Å²) in [5.41, 5.74) is 0.670. The first kappa shape index (κ1) is 13.5. The summed E-state index contributed by atoms with van der Waals surface area (Å²) in [7, 11) is 4.48. The average molecular weight is 239 g/mol. The summed E-state index contributed by atoms with van der Waals surface area (Å²) in [6.07, 6.45) is -0.859. The first-order valence-electron chi connectivity index (χ1n) is 5.21. The van der Waals surface area contributed by atoms with Crippen molar-refractivity contribution in [3.05, 3.63) is 29.8 Å². The molecule has 0 aliphatic rings. The van der Waals surface area contributed by atoms with Crippen LogP contribution in [-0.2, 0) is 9.63 Å². The maximum Gasteiger partial charge on any atom is 0.248 e. The molecule has 0 radical (unpaired) electrons. The molecule has 1 atom stereocenters. The number of carbonyl (C=O) groups is 1. The minimum Gasteiger partial charge on any atom is -0.497 e. The molecule has 5 nitrogen and oxygen atoms in total. The lowest BCUT2D eigenvalue weighted by Crippen LogP contribution is -2.26. The van der Waals surface area contributed by atoms with Crippen molar-refractivity contribution < 1.29 is 19.5 Å². The molecular formula is C12H17NO4. The van der Waals surface area contributed by atoms with Gasteiger partial charge in [0.15, 0.2) is 0 Å². The van der Waals surface area contributed by atoms with Crippen LogP contribution >= 0.6 is 0 Å². The summed E-state index contributed by atoms with van der Waals surface area (Å²) < 4.78 is 5.01. The van der Waals surface area contributed by atoms with Crippen LogP contribution in [0.3, 0.4) is 0 Å². The SMILES string of the molecule is COc1ccc(C(O)CC(=O)N(C)OC)cc1. The Morgan fingerprint density at radius 1 is 1.35 bits per heavy atom. The molecule has 94 valence electrons. The van der Waals surface area contributed by atoms with Gasteiger partial charge in [0.2, 0.25) is 5.91 Å². The molecule has 0 spiro atoms. The monoisotopic (exact) mass is 239 g/mol. The molecule has 0 saturated heterocycles. The van der Waals surface area contributed by atoms with Gasteiger partial charge in [-0.3, -0.25) is 9.63 Å². The summed E-state index contributed by atoms with van der Waals surface area (Å²) >= 11 is 0. The Balaban J connectivity index is 2.63. The van der Waals surface area contributed by atoms with Crippen molar-refractivity contribution in [1.82, 2.24) is 5.06 Å². The maximum absolute atomic E-state index is 11.5. The molecule has 0 bridgehead atoms. The Hall–Kier alpha value is -1.59. The van der Waals surface area contributed by atoms with Crippen LogP contribution < -0.4 is 4.74 Å². The molecule has 1 aromatic rings. The predicted octanol–water partition coefficient (Wildman–Crippen LogP) is 1.14. The number of aliphatic hydroxyl groups is 1. The number of methoxy groups -OCH3 is 1. The highest BCUT2D eigenvalue weighted by molar-refractivity contribution is 5.75. The second-order valence-corrected chi connectivity index (χ2v) is 3.57. The number of nitrogens with zero attached hydrogens (tertiary/aromatic N) is 1. The maximum atomic E-state index is 11.5. The van der Waals surface area contributed by atoms with Crippen LogP contribution in [0.1, 0.15) is 18.1 Å². The quantitative estimate of drug-likeness (QED) is 0.783. The topological polar surface area (TPSA) is 59.0 Å². The van der Waals surface area contributed by atoms with Gasteiger partial charge in [-0.1, -0.05) is 12.1 Å². The van der Waals surface area contributed by atoms with Gasteiger partial charge in [0.25, 0.3) is 0 Å². The van der Waals surface area contributed by atoms with Crippen LogP contribution in [-0.4, -0.2) is 37.3 Å². The number of rotatable bonds is 5. The third-order valence-electron chi connectivity index (χ3n) is 2.49. The van der Waals surface area contributed by atoms with Crippen LogP contribution in [0.2, 0.25) is 0 Å². The number of hydroxylamine groups is 2. The lowest BCUT2D eigenvalue weighted by Gasteiger charge is -2.16. The van der Waals surface area contributed by atoms with E-state index in [1.807, 2.05) is 0 Å². The fourth-order valence-electron chi connectivity index (χ4n) is 1.34. The number of benzene rings is 1. The summed E-state index contributed by atoms with van der Waals surface area (Å²) in [4.78, 5) is 16.2. The van der Waals surface area contributed by atoms with Gasteiger partial charge in [0.1, 0.15) is 5.75 Å². The lowest BCUT2D eigenvalue weighted by molar-refractivity contribution is -0.170. The van der Waals surface area contributed by atoms with Crippen LogP contribution in [0.4, 0.5) is 0 Å². The van der Waals surface area contributed by atoms with Crippen LogP contribution in [0.15, 0.2) is 24.3 Å². The molecule has 1 rings (SSSR count). The molecule has 1 N–H and O–H groups in total. The Kier molecular flexibility index (Phi) is 4.93. The van der Waals surface area contributed by atoms with Crippen LogP contribution in [0.25, 0.3) is 0 Å². The summed E-state index contributed by atoms with van der Waals surface area (Å²) in [6.45, 7) is 0. The van der Waals surface area contributed by atoms with Crippen LogP contribution in [0.5, 0.6) is 5.75 Å². The van der Waals surface area contributed by atoms with E-state index < -0.39 is 6.10 Å². The summed E-state index contributed by atoms with van der Waals surface area (Å²) in [5.74, 6) is 0.428. The summed E-state index contributed by atoms with van der Waals surface area (Å²) in [5, 5.41) is 10.9. The average Bonchev–Trinajstić information content (AvgIpc) is 2.37. The standard InChI is InChI=1S/C12H17NO4/c1-13(17-3)12(15)8-11(14)9-4-6-10(16-2)7-5-9/h4-7,11,14H,8H2,1-3H3. The van der Waals surface area contributed by atoms with E-state index in [0.29, 0.717) is 11.3 Å². The van der Waals surface area contributed by atoms with Gasteiger partial charge in [-0.05, 0) is 17.7 Å². The number of hydrogen-bond donors (Lipinski definition) is 1. The Bertz CT molecular complexity index is 363. The van der Waals surface area contributed by atoms with Crippen molar-refractivity contribution in [1.29, 1.82) is 0 Å². The van der Waals surface area contributed by atoms with E-state index in [1.54, 1.807) is 31.4 Å². The molecule has 5 heteroatoms. The smallest absolute Gasteiger partial charge is 0.248 e. The van der Waals surface area contributed by atoms with E-state index in [9.17, 15) is 9.90 Å². The fraction of sp³-hybridized carbons (Fsp3) is 0.417. The predicted molar refractivity (Wildman–Crippen MR) is 62.3 cm³/mol. The Morgan fingerprint density at radius 2 is 1.94 bits per heavy atom. The summed E-state index contributed by atoms with van der Waals surface area (Å²) in [6, 6.07) is 6.93. The molecule has 0 aromatic heterocycles. The molecule has 1 unspecified atom stereocenters. The normalized spacial score (nSPS) is 12.0. The van der Waals surface area contributed by atoms with Crippen molar-refractivity contribution in [3.63, 3.8) is 0 Å². The molecule has 0 fully saturated rings. The highest BCUT2D eigenvalue weighted by Gasteiger charge is 2.16. The van der Waals surface area contributed by atoms with Gasteiger partial charge in [-0.2, -0.15) is 0 Å². The third kappa shape index (κ3) is 3.72. The van der Waals surface area contributed by atoms with E-state index >= 15 is 0 Å². The third-order valence-corrected chi connectivity index (χ3v) is 2.49. The van der Waals surface area contributed by atoms with Gasteiger partial charge in [-0.15, -0.1) is 0 Å². The first-order valence-corrected chi connectivity index (χ1v) is 5.21. The second-order valence-electron chi connectivity index (χ2n) is 3.57. The van der Waals surface area contributed by atoms with Gasteiger partial charge in [0.05, 0.1) is 26.7 Å². The van der Waals surface area contributed by atoms with Gasteiger partial charge in [-0.25, -0.2) is 5.06 Å². The zero-order valence-electron chi connectivity index (χ0n) is 10.2. The van der Waals surface area contributed by atoms with Gasteiger partial charge in [0, 0.05) is 7.05 Å². The molecule has 0 aliphatic heterocycles. The van der Waals surface area contributed by atoms with Crippen molar-refractivity contribution in [3.8, 4) is 5.75 Å². The van der Waals surface area contributed by atoms with E-state index in [4.69, 9.17) is 9.57 Å². The lowest BCUT2D eigenvalue weighted by atomic mass is 10.1. The Labute approximate surface area is 101 Å². The minimum atomic E-state index is -0.842. The second kappa shape index (κ2) is 6.22. The van der Waals surface area contributed by atoms with Crippen molar-refractivity contribution >= 4 is 5.91 Å². The Morgan fingerprint density at radius 3 is 2.41 bits per heavy atom. The van der Waals surface area contributed by atoms with Gasteiger partial charge < -0.3 is 9.84 Å². The minimum absolute atomic E-state index is 0.0172. The zero-order chi connectivity index (χ0) is 12.8.